The molecule has 6 rings (SSSR count). The molecular weight excluding hydrogens is 690 g/mol. The van der Waals surface area contributed by atoms with Gasteiger partial charge in [-0.05, 0) is 41.7 Å². The highest BCUT2D eigenvalue weighted by Crippen LogP contribution is 2.48. The topological polar surface area (TPSA) is 179 Å². The van der Waals surface area contributed by atoms with Crippen LogP contribution >= 0.6 is 11.6 Å². The predicted octanol–water partition coefficient (Wildman–Crippen LogP) is 3.50. The van der Waals surface area contributed by atoms with Crippen molar-refractivity contribution in [3.8, 4) is 11.5 Å². The molecule has 6 atom stereocenters. The van der Waals surface area contributed by atoms with Gasteiger partial charge < -0.3 is 35.6 Å². The van der Waals surface area contributed by atoms with Gasteiger partial charge in [-0.3, -0.25) is 24.0 Å². The van der Waals surface area contributed by atoms with Crippen LogP contribution in [-0.2, 0) is 28.8 Å². The molecule has 4 amide bonds. The maximum Gasteiger partial charge on any atom is 0.287 e. The van der Waals surface area contributed by atoms with Crippen LogP contribution in [-0.4, -0.2) is 84.5 Å². The van der Waals surface area contributed by atoms with Crippen molar-refractivity contribution in [2.45, 2.75) is 88.9 Å². The summed E-state index contributed by atoms with van der Waals surface area (Å²) in [5.41, 5.74) is 5.59. The normalized spacial score (nSPS) is 24.7. The van der Waals surface area contributed by atoms with E-state index in [0.717, 1.165) is 18.4 Å². The Morgan fingerprint density at radius 3 is 2.35 bits per heavy atom. The Bertz CT molecular complexity index is 1790. The first-order valence-electron chi connectivity index (χ1n) is 17.6. The van der Waals surface area contributed by atoms with Gasteiger partial charge >= 0.3 is 0 Å². The van der Waals surface area contributed by atoms with Crippen molar-refractivity contribution in [1.29, 1.82) is 0 Å². The number of nitrogens with two attached hydrogens (primary N) is 1. The number of carbonyl (C=O) groups is 5. The summed E-state index contributed by atoms with van der Waals surface area (Å²) >= 11 is 6.47. The number of methoxy groups -OCH3 is 2. The lowest BCUT2D eigenvalue weighted by Gasteiger charge is -2.35. The molecule has 2 aromatic rings. The molecule has 0 bridgehead atoms. The zero-order chi connectivity index (χ0) is 37.5. The number of benzene rings is 2. The number of halogens is 1. The van der Waals surface area contributed by atoms with Gasteiger partial charge in [0.05, 0.1) is 37.5 Å². The highest BCUT2D eigenvalue weighted by molar-refractivity contribution is 6.38. The van der Waals surface area contributed by atoms with Crippen molar-refractivity contribution < 1.29 is 38.3 Å². The SMILES string of the molecule is COc1cc(OC)c(C2=NO[C@]3(C2)C[C@@H](C(=O)N[C@@H](CC2CC2)C(=O)C(N)=O)N(C(=O)[C@@H](NC(=O)[C@@H]2CC2c2ccccc2)C(C)(C)C)C3)cc1Cl. The maximum absolute atomic E-state index is 14.7. The number of oxime groups is 1. The minimum Gasteiger partial charge on any atom is -0.496 e. The van der Waals surface area contributed by atoms with Crippen LogP contribution < -0.4 is 25.8 Å². The van der Waals surface area contributed by atoms with E-state index in [2.05, 4.69) is 15.8 Å². The van der Waals surface area contributed by atoms with E-state index in [1.54, 1.807) is 12.1 Å². The minimum absolute atomic E-state index is 0.0220. The van der Waals surface area contributed by atoms with Gasteiger partial charge in [0.1, 0.15) is 23.6 Å². The van der Waals surface area contributed by atoms with Crippen molar-refractivity contribution in [2.24, 2.45) is 28.1 Å². The maximum atomic E-state index is 14.7. The fraction of sp³-hybridized carbons (Fsp3) is 0.526. The third-order valence-corrected chi connectivity index (χ3v) is 10.8. The van der Waals surface area contributed by atoms with E-state index in [1.165, 1.54) is 19.1 Å². The molecule has 0 radical (unpaired) electrons. The van der Waals surface area contributed by atoms with Crippen LogP contribution in [0.15, 0.2) is 47.6 Å². The van der Waals surface area contributed by atoms with E-state index in [-0.39, 0.29) is 49.5 Å². The highest BCUT2D eigenvalue weighted by atomic mass is 35.5. The molecule has 4 aliphatic rings. The van der Waals surface area contributed by atoms with Crippen LogP contribution in [0.2, 0.25) is 5.02 Å². The molecule has 13 nitrogen and oxygen atoms in total. The Morgan fingerprint density at radius 1 is 1.04 bits per heavy atom. The van der Waals surface area contributed by atoms with Gasteiger partial charge in [-0.15, -0.1) is 0 Å². The number of rotatable bonds is 13. The Kier molecular flexibility index (Phi) is 10.3. The van der Waals surface area contributed by atoms with Crippen LogP contribution in [0.4, 0.5) is 0 Å². The zero-order valence-electron chi connectivity index (χ0n) is 30.1. The van der Waals surface area contributed by atoms with E-state index in [9.17, 15) is 24.0 Å². The number of ether oxygens (including phenoxy) is 2. The quantitative estimate of drug-likeness (QED) is 0.262. The smallest absolute Gasteiger partial charge is 0.287 e. The monoisotopic (exact) mass is 735 g/mol. The van der Waals surface area contributed by atoms with Crippen LogP contribution in [0.25, 0.3) is 0 Å². The molecule has 3 fully saturated rings. The fourth-order valence-electron chi connectivity index (χ4n) is 7.33. The van der Waals surface area contributed by atoms with E-state index in [4.69, 9.17) is 31.6 Å². The fourth-order valence-corrected chi connectivity index (χ4v) is 7.58. The molecule has 4 N–H and O–H groups in total. The number of hydrogen-bond acceptors (Lipinski definition) is 9. The minimum atomic E-state index is -1.14. The van der Waals surface area contributed by atoms with Gasteiger partial charge in [0.25, 0.3) is 5.91 Å². The molecule has 2 heterocycles. The Hall–Kier alpha value is -4.65. The van der Waals surface area contributed by atoms with E-state index < -0.39 is 52.6 Å². The van der Waals surface area contributed by atoms with Crippen LogP contribution in [0.5, 0.6) is 11.5 Å². The zero-order valence-corrected chi connectivity index (χ0v) is 30.8. The summed E-state index contributed by atoms with van der Waals surface area (Å²) in [7, 11) is 3.00. The average Bonchev–Trinajstić information content (AvgIpc) is 4.04. The molecule has 1 spiro atoms. The Balaban J connectivity index is 1.27. The molecular formula is C38H46ClN5O8. The summed E-state index contributed by atoms with van der Waals surface area (Å²) in [5.74, 6) is -2.56. The van der Waals surface area contributed by atoms with Crippen LogP contribution in [0, 0.1) is 17.3 Å². The van der Waals surface area contributed by atoms with Crippen LogP contribution in [0.3, 0.4) is 0 Å². The number of likely N-dealkylation sites (tertiary alicyclic amines) is 1. The largest absolute Gasteiger partial charge is 0.496 e. The first kappa shape index (κ1) is 37.1. The average molecular weight is 736 g/mol. The second kappa shape index (κ2) is 14.4. The molecule has 278 valence electrons. The number of carbonyl (C=O) groups excluding carboxylic acids is 5. The van der Waals surface area contributed by atoms with Crippen molar-refractivity contribution in [3.05, 3.63) is 58.6 Å². The third kappa shape index (κ3) is 7.74. The van der Waals surface area contributed by atoms with Gasteiger partial charge in [0.2, 0.25) is 23.5 Å². The summed E-state index contributed by atoms with van der Waals surface area (Å²) in [5, 5.41) is 10.5. The van der Waals surface area contributed by atoms with Crippen molar-refractivity contribution in [2.75, 3.05) is 20.8 Å². The van der Waals surface area contributed by atoms with Gasteiger partial charge in [0, 0.05) is 30.4 Å². The van der Waals surface area contributed by atoms with Gasteiger partial charge in [-0.25, -0.2) is 0 Å². The molecule has 14 heteroatoms. The summed E-state index contributed by atoms with van der Waals surface area (Å²) in [6.45, 7) is 5.51. The van der Waals surface area contributed by atoms with Crippen LogP contribution in [0.1, 0.15) is 76.3 Å². The van der Waals surface area contributed by atoms with Crippen molar-refractivity contribution in [1.82, 2.24) is 15.5 Å². The Morgan fingerprint density at radius 2 is 1.73 bits per heavy atom. The Labute approximate surface area is 307 Å². The van der Waals surface area contributed by atoms with E-state index >= 15 is 0 Å². The molecule has 52 heavy (non-hydrogen) atoms. The number of nitrogens with zero attached hydrogens (tertiary/aromatic N) is 2. The van der Waals surface area contributed by atoms with Gasteiger partial charge in [-0.1, -0.05) is 80.7 Å². The van der Waals surface area contributed by atoms with Gasteiger partial charge in [0.15, 0.2) is 5.60 Å². The summed E-state index contributed by atoms with van der Waals surface area (Å²) in [4.78, 5) is 74.8. The molecule has 1 saturated heterocycles. The van der Waals surface area contributed by atoms with Crippen molar-refractivity contribution in [3.63, 3.8) is 0 Å². The predicted molar refractivity (Wildman–Crippen MR) is 192 cm³/mol. The number of primary amides is 1. The van der Waals surface area contributed by atoms with Gasteiger partial charge in [-0.2, -0.15) is 0 Å². The lowest BCUT2D eigenvalue weighted by molar-refractivity contribution is -0.145. The number of hydrogen-bond donors (Lipinski definition) is 3. The third-order valence-electron chi connectivity index (χ3n) is 10.5. The molecule has 2 aliphatic heterocycles. The molecule has 0 aromatic heterocycles. The lowest BCUT2D eigenvalue weighted by Crippen LogP contribution is -2.59. The van der Waals surface area contributed by atoms with E-state index in [0.29, 0.717) is 34.2 Å². The summed E-state index contributed by atoms with van der Waals surface area (Å²) < 4.78 is 10.9. The first-order valence-corrected chi connectivity index (χ1v) is 18.0. The number of ketones is 1. The summed E-state index contributed by atoms with van der Waals surface area (Å²) in [6, 6.07) is 9.82. The molecule has 2 aromatic carbocycles. The molecule has 2 saturated carbocycles. The second-order valence-electron chi connectivity index (χ2n) is 15.5. The molecule has 2 aliphatic carbocycles. The summed E-state index contributed by atoms with van der Waals surface area (Å²) in [6.07, 6.45) is 2.91. The highest BCUT2D eigenvalue weighted by Gasteiger charge is 2.56. The van der Waals surface area contributed by atoms with Crippen molar-refractivity contribution >= 4 is 46.7 Å². The standard InChI is InChI=1S/C38H46ClN5O8/c1-37(2,3)32(42-34(47)23-14-22(23)21-9-7-6-8-10-21)36(49)44-19-38(17-27(43-52-38)24-15-25(39)30(51-5)16-29(24)50-4)18-28(44)35(48)41-26(13-20-11-12-20)31(45)33(40)46/h6-10,15-16,20,22-23,26,28,32H,11-14,17-19H2,1-5H3,(H2,40,46)(H,41,48)(H,42,47)/t22?,23-,26+,28+,32-,38-/m1/s1. The lowest BCUT2D eigenvalue weighted by atomic mass is 9.85. The molecule has 1 unspecified atom stereocenters. The number of nitrogens with one attached hydrogen (secondary N) is 2. The number of Topliss-reactive ketones (excluding diaryl/α,β-unsaturated/α-hetero) is 1. The number of amides is 4. The second-order valence-corrected chi connectivity index (χ2v) is 15.9. The van der Waals surface area contributed by atoms with E-state index in [1.807, 2.05) is 51.1 Å². The first-order chi connectivity index (χ1) is 24.6.